The summed E-state index contributed by atoms with van der Waals surface area (Å²) in [6.07, 6.45) is 6.13. The molecule has 29 heavy (non-hydrogen) atoms. The van der Waals surface area contributed by atoms with E-state index in [4.69, 9.17) is 0 Å². The van der Waals surface area contributed by atoms with Crippen molar-refractivity contribution in [1.29, 1.82) is 0 Å². The molecule has 2 aliphatic rings. The molecule has 4 heterocycles. The van der Waals surface area contributed by atoms with Crippen LogP contribution in [-0.2, 0) is 0 Å². The van der Waals surface area contributed by atoms with Gasteiger partial charge in [0.25, 0.3) is 0 Å². The van der Waals surface area contributed by atoms with Gasteiger partial charge in [0.15, 0.2) is 0 Å². The molecule has 0 bridgehead atoms. The molecule has 0 radical (unpaired) electrons. The van der Waals surface area contributed by atoms with E-state index in [1.165, 1.54) is 23.4 Å². The number of thiophene rings is 1. The van der Waals surface area contributed by atoms with Gasteiger partial charge in [-0.25, -0.2) is 4.79 Å². The fourth-order valence-electron chi connectivity index (χ4n) is 4.25. The first-order valence-electron chi connectivity index (χ1n) is 10.7. The SMILES string of the molecule is CC1CCN(C(CNC(=O)N2CCN(c3ccncc3)CC2)c2cccs2)CC1. The summed E-state index contributed by atoms with van der Waals surface area (Å²) in [6, 6.07) is 8.71. The van der Waals surface area contributed by atoms with Crippen LogP contribution in [0.4, 0.5) is 10.5 Å². The molecule has 6 nitrogen and oxygen atoms in total. The second-order valence-corrected chi connectivity index (χ2v) is 9.09. The van der Waals surface area contributed by atoms with E-state index in [0.29, 0.717) is 6.54 Å². The number of rotatable bonds is 5. The molecule has 1 unspecified atom stereocenters. The third-order valence-electron chi connectivity index (χ3n) is 6.17. The molecule has 0 aromatic carbocycles. The van der Waals surface area contributed by atoms with Crippen LogP contribution in [0.3, 0.4) is 0 Å². The topological polar surface area (TPSA) is 51.7 Å². The van der Waals surface area contributed by atoms with Gasteiger partial charge in [0.2, 0.25) is 0 Å². The summed E-state index contributed by atoms with van der Waals surface area (Å²) in [5.74, 6) is 0.807. The minimum absolute atomic E-state index is 0.0614. The van der Waals surface area contributed by atoms with Gasteiger partial charge in [-0.15, -0.1) is 11.3 Å². The summed E-state index contributed by atoms with van der Waals surface area (Å²) in [7, 11) is 0. The zero-order valence-corrected chi connectivity index (χ0v) is 18.0. The molecule has 156 valence electrons. The molecule has 2 saturated heterocycles. The van der Waals surface area contributed by atoms with Crippen molar-refractivity contribution < 1.29 is 4.79 Å². The maximum absolute atomic E-state index is 12.8. The highest BCUT2D eigenvalue weighted by atomic mass is 32.1. The minimum atomic E-state index is 0.0614. The zero-order valence-electron chi connectivity index (χ0n) is 17.2. The smallest absolute Gasteiger partial charge is 0.317 e. The van der Waals surface area contributed by atoms with E-state index in [1.807, 2.05) is 29.4 Å². The van der Waals surface area contributed by atoms with Gasteiger partial charge >= 0.3 is 6.03 Å². The van der Waals surface area contributed by atoms with Crippen molar-refractivity contribution in [2.45, 2.75) is 25.8 Å². The number of piperazine rings is 1. The van der Waals surface area contributed by atoms with Crippen LogP contribution >= 0.6 is 11.3 Å². The average molecular weight is 414 g/mol. The van der Waals surface area contributed by atoms with Crippen LogP contribution < -0.4 is 10.2 Å². The van der Waals surface area contributed by atoms with E-state index in [2.05, 4.69) is 44.5 Å². The van der Waals surface area contributed by atoms with Crippen LogP contribution in [0.25, 0.3) is 0 Å². The van der Waals surface area contributed by atoms with Crippen LogP contribution in [0, 0.1) is 5.92 Å². The number of nitrogens with zero attached hydrogens (tertiary/aromatic N) is 4. The molecule has 0 saturated carbocycles. The van der Waals surface area contributed by atoms with Crippen LogP contribution in [0.5, 0.6) is 0 Å². The Morgan fingerprint density at radius 2 is 1.86 bits per heavy atom. The Bertz CT molecular complexity index is 753. The van der Waals surface area contributed by atoms with Gasteiger partial charge in [-0.05, 0) is 55.4 Å². The Hall–Kier alpha value is -2.12. The van der Waals surface area contributed by atoms with E-state index >= 15 is 0 Å². The highest BCUT2D eigenvalue weighted by Gasteiger charge is 2.27. The van der Waals surface area contributed by atoms with E-state index in [9.17, 15) is 4.79 Å². The van der Waals surface area contributed by atoms with E-state index in [1.54, 1.807) is 11.3 Å². The number of nitrogens with one attached hydrogen (secondary N) is 1. The highest BCUT2D eigenvalue weighted by Crippen LogP contribution is 2.29. The lowest BCUT2D eigenvalue weighted by Gasteiger charge is -2.38. The lowest BCUT2D eigenvalue weighted by Crippen LogP contribution is -2.53. The van der Waals surface area contributed by atoms with E-state index < -0.39 is 0 Å². The van der Waals surface area contributed by atoms with Gasteiger partial charge < -0.3 is 15.1 Å². The summed E-state index contributed by atoms with van der Waals surface area (Å²) in [6.45, 7) is 8.46. The van der Waals surface area contributed by atoms with Gasteiger partial charge in [-0.1, -0.05) is 13.0 Å². The summed E-state index contributed by atoms with van der Waals surface area (Å²) >= 11 is 1.79. The number of carbonyl (C=O) groups is 1. The van der Waals surface area contributed by atoms with Crippen LogP contribution in [0.2, 0.25) is 0 Å². The molecule has 1 N–H and O–H groups in total. The quantitative estimate of drug-likeness (QED) is 0.816. The third-order valence-corrected chi connectivity index (χ3v) is 7.15. The summed E-state index contributed by atoms with van der Waals surface area (Å²) in [5.41, 5.74) is 1.18. The Morgan fingerprint density at radius 3 is 2.52 bits per heavy atom. The van der Waals surface area contributed by atoms with Crippen LogP contribution in [0.1, 0.15) is 30.7 Å². The number of aromatic nitrogens is 1. The Balaban J connectivity index is 1.30. The van der Waals surface area contributed by atoms with Crippen molar-refractivity contribution in [1.82, 2.24) is 20.1 Å². The van der Waals surface area contributed by atoms with Crippen molar-refractivity contribution in [2.24, 2.45) is 5.92 Å². The Morgan fingerprint density at radius 1 is 1.14 bits per heavy atom. The van der Waals surface area contributed by atoms with Crippen molar-refractivity contribution in [2.75, 3.05) is 50.7 Å². The summed E-state index contributed by atoms with van der Waals surface area (Å²) in [4.78, 5) is 25.1. The monoisotopic (exact) mass is 413 g/mol. The molecular weight excluding hydrogens is 382 g/mol. The van der Waals surface area contributed by atoms with Gasteiger partial charge in [-0.3, -0.25) is 9.88 Å². The highest BCUT2D eigenvalue weighted by molar-refractivity contribution is 7.10. The van der Waals surface area contributed by atoms with Crippen molar-refractivity contribution in [3.63, 3.8) is 0 Å². The van der Waals surface area contributed by atoms with E-state index in [0.717, 1.165) is 45.2 Å². The van der Waals surface area contributed by atoms with Crippen LogP contribution in [0.15, 0.2) is 42.0 Å². The number of hydrogen-bond donors (Lipinski definition) is 1. The Kier molecular flexibility index (Phi) is 6.67. The van der Waals surface area contributed by atoms with Gasteiger partial charge in [0, 0.05) is 55.7 Å². The van der Waals surface area contributed by atoms with Crippen LogP contribution in [-0.4, -0.2) is 66.6 Å². The standard InChI is InChI=1S/C22H31N5OS/c1-18-6-10-26(11-7-18)20(21-3-2-16-29-21)17-24-22(28)27-14-12-25(13-15-27)19-4-8-23-9-5-19/h2-5,8-9,16,18,20H,6-7,10-15,17H2,1H3,(H,24,28). The number of carbonyl (C=O) groups excluding carboxylic acids is 1. The molecule has 4 rings (SSSR count). The predicted molar refractivity (Wildman–Crippen MR) is 118 cm³/mol. The number of piperidine rings is 1. The van der Waals surface area contributed by atoms with Crippen molar-refractivity contribution >= 4 is 23.1 Å². The molecule has 7 heteroatoms. The number of likely N-dealkylation sites (tertiary alicyclic amines) is 1. The molecule has 2 aromatic rings. The van der Waals surface area contributed by atoms with Gasteiger partial charge in [0.1, 0.15) is 0 Å². The van der Waals surface area contributed by atoms with Gasteiger partial charge in [0.05, 0.1) is 6.04 Å². The molecule has 2 amide bonds. The number of pyridine rings is 1. The lowest BCUT2D eigenvalue weighted by molar-refractivity contribution is 0.134. The maximum atomic E-state index is 12.8. The van der Waals surface area contributed by atoms with Crippen molar-refractivity contribution in [3.05, 3.63) is 46.9 Å². The number of urea groups is 1. The Labute approximate surface area is 177 Å². The molecule has 2 fully saturated rings. The lowest BCUT2D eigenvalue weighted by atomic mass is 9.97. The molecule has 0 spiro atoms. The predicted octanol–water partition coefficient (Wildman–Crippen LogP) is 3.45. The molecule has 2 aromatic heterocycles. The van der Waals surface area contributed by atoms with Crippen molar-refractivity contribution in [3.8, 4) is 0 Å². The zero-order chi connectivity index (χ0) is 20.1. The largest absolute Gasteiger partial charge is 0.368 e. The van der Waals surface area contributed by atoms with Gasteiger partial charge in [-0.2, -0.15) is 0 Å². The second-order valence-electron chi connectivity index (χ2n) is 8.12. The number of hydrogen-bond acceptors (Lipinski definition) is 5. The number of anilines is 1. The molecular formula is C22H31N5OS. The first-order chi connectivity index (χ1) is 14.2. The molecule has 0 aliphatic carbocycles. The van der Waals surface area contributed by atoms with E-state index in [-0.39, 0.29) is 12.1 Å². The normalized spacial score (nSPS) is 19.9. The summed E-state index contributed by atoms with van der Waals surface area (Å²) < 4.78 is 0. The fourth-order valence-corrected chi connectivity index (χ4v) is 5.11. The second kappa shape index (κ2) is 9.59. The third kappa shape index (κ3) is 5.08. The first kappa shape index (κ1) is 20.2. The maximum Gasteiger partial charge on any atom is 0.317 e. The fraction of sp³-hybridized carbons (Fsp3) is 0.545. The minimum Gasteiger partial charge on any atom is -0.368 e. The number of amides is 2. The first-order valence-corrected chi connectivity index (χ1v) is 11.5. The average Bonchev–Trinajstić information content (AvgIpc) is 3.30. The molecule has 1 atom stereocenters. The molecule has 2 aliphatic heterocycles. The summed E-state index contributed by atoms with van der Waals surface area (Å²) in [5, 5.41) is 5.36.